The van der Waals surface area contributed by atoms with E-state index in [-0.39, 0.29) is 5.41 Å². The van der Waals surface area contributed by atoms with E-state index in [2.05, 4.69) is 56.4 Å². The van der Waals surface area contributed by atoms with Crippen LogP contribution in [0, 0.1) is 0 Å². The van der Waals surface area contributed by atoms with Gasteiger partial charge >= 0.3 is 0 Å². The Morgan fingerprint density at radius 3 is 2.35 bits per heavy atom. The highest BCUT2D eigenvalue weighted by molar-refractivity contribution is 5.26. The van der Waals surface area contributed by atoms with Crippen LogP contribution in [0.5, 0.6) is 0 Å². The SMILES string of the molecule is CCC(CNC(C)C)(COC)c1ccccc1. The summed E-state index contributed by atoms with van der Waals surface area (Å²) in [4.78, 5) is 0. The van der Waals surface area contributed by atoms with Crippen LogP contribution in [0.15, 0.2) is 30.3 Å². The van der Waals surface area contributed by atoms with Gasteiger partial charge in [0.1, 0.15) is 0 Å². The van der Waals surface area contributed by atoms with Gasteiger partial charge < -0.3 is 10.1 Å². The van der Waals surface area contributed by atoms with Crippen LogP contribution in [0.4, 0.5) is 0 Å². The lowest BCUT2D eigenvalue weighted by atomic mass is 9.78. The molecule has 1 atom stereocenters. The Morgan fingerprint density at radius 1 is 1.24 bits per heavy atom. The fourth-order valence-electron chi connectivity index (χ4n) is 2.14. The van der Waals surface area contributed by atoms with Crippen LogP contribution in [0.25, 0.3) is 0 Å². The van der Waals surface area contributed by atoms with Gasteiger partial charge in [0.05, 0.1) is 6.61 Å². The van der Waals surface area contributed by atoms with E-state index in [0.717, 1.165) is 19.6 Å². The summed E-state index contributed by atoms with van der Waals surface area (Å²) < 4.78 is 5.44. The maximum Gasteiger partial charge on any atom is 0.0571 e. The third kappa shape index (κ3) is 3.83. The molecule has 0 heterocycles. The molecule has 1 rings (SSSR count). The molecule has 0 aliphatic heterocycles. The molecule has 96 valence electrons. The number of hydrogen-bond donors (Lipinski definition) is 1. The smallest absolute Gasteiger partial charge is 0.0571 e. The van der Waals surface area contributed by atoms with Gasteiger partial charge in [-0.25, -0.2) is 0 Å². The third-order valence-electron chi connectivity index (χ3n) is 3.33. The normalized spacial score (nSPS) is 14.9. The number of hydrogen-bond acceptors (Lipinski definition) is 2. The van der Waals surface area contributed by atoms with E-state index in [4.69, 9.17) is 4.74 Å². The van der Waals surface area contributed by atoms with Gasteiger partial charge in [0.2, 0.25) is 0 Å². The van der Waals surface area contributed by atoms with E-state index in [1.165, 1.54) is 5.56 Å². The van der Waals surface area contributed by atoms with Crippen molar-refractivity contribution in [2.24, 2.45) is 0 Å². The molecule has 0 aliphatic carbocycles. The Kier molecular flexibility index (Phi) is 5.66. The molecular formula is C15H25NO. The summed E-state index contributed by atoms with van der Waals surface area (Å²) in [5.41, 5.74) is 1.44. The Morgan fingerprint density at radius 2 is 1.88 bits per heavy atom. The van der Waals surface area contributed by atoms with Crippen LogP contribution in [-0.2, 0) is 10.2 Å². The van der Waals surface area contributed by atoms with Crippen molar-refractivity contribution in [3.63, 3.8) is 0 Å². The Bertz CT molecular complexity index is 310. The minimum atomic E-state index is 0.0836. The molecule has 1 N–H and O–H groups in total. The Hall–Kier alpha value is -0.860. The van der Waals surface area contributed by atoms with Crippen molar-refractivity contribution >= 4 is 0 Å². The lowest BCUT2D eigenvalue weighted by Crippen LogP contribution is -2.43. The second-order valence-electron chi connectivity index (χ2n) is 4.97. The highest BCUT2D eigenvalue weighted by atomic mass is 16.5. The van der Waals surface area contributed by atoms with E-state index in [1.54, 1.807) is 7.11 Å². The molecule has 1 aromatic carbocycles. The fraction of sp³-hybridized carbons (Fsp3) is 0.600. The van der Waals surface area contributed by atoms with Crippen molar-refractivity contribution in [2.45, 2.75) is 38.6 Å². The van der Waals surface area contributed by atoms with Crippen LogP contribution in [0.3, 0.4) is 0 Å². The molecule has 0 saturated heterocycles. The molecule has 0 spiro atoms. The predicted molar refractivity (Wildman–Crippen MR) is 73.4 cm³/mol. The monoisotopic (exact) mass is 235 g/mol. The van der Waals surface area contributed by atoms with Gasteiger partial charge in [0.15, 0.2) is 0 Å². The van der Waals surface area contributed by atoms with Crippen LogP contribution in [-0.4, -0.2) is 26.3 Å². The maximum atomic E-state index is 5.44. The molecule has 0 amide bonds. The van der Waals surface area contributed by atoms with Crippen molar-refractivity contribution < 1.29 is 4.74 Å². The molecule has 17 heavy (non-hydrogen) atoms. The molecule has 1 aromatic rings. The van der Waals surface area contributed by atoms with E-state index in [0.29, 0.717) is 6.04 Å². The predicted octanol–water partition coefficient (Wildman–Crippen LogP) is 2.98. The lowest BCUT2D eigenvalue weighted by Gasteiger charge is -2.34. The van der Waals surface area contributed by atoms with Crippen molar-refractivity contribution in [1.82, 2.24) is 5.32 Å². The molecule has 2 heteroatoms. The van der Waals surface area contributed by atoms with Crippen LogP contribution in [0.1, 0.15) is 32.8 Å². The summed E-state index contributed by atoms with van der Waals surface area (Å²) >= 11 is 0. The minimum Gasteiger partial charge on any atom is -0.384 e. The Balaban J connectivity index is 2.91. The standard InChI is InChI=1S/C15H25NO/c1-5-15(12-17-4,11-16-13(2)3)14-9-7-6-8-10-14/h6-10,13,16H,5,11-12H2,1-4H3. The lowest BCUT2D eigenvalue weighted by molar-refractivity contribution is 0.123. The molecule has 0 saturated carbocycles. The quantitative estimate of drug-likeness (QED) is 0.784. The van der Waals surface area contributed by atoms with Crippen molar-refractivity contribution in [1.29, 1.82) is 0 Å². The second kappa shape index (κ2) is 6.77. The topological polar surface area (TPSA) is 21.3 Å². The molecule has 0 fully saturated rings. The van der Waals surface area contributed by atoms with Crippen LogP contribution < -0.4 is 5.32 Å². The summed E-state index contributed by atoms with van der Waals surface area (Å²) in [5.74, 6) is 0. The van der Waals surface area contributed by atoms with E-state index >= 15 is 0 Å². The number of ether oxygens (including phenoxy) is 1. The van der Waals surface area contributed by atoms with Gasteiger partial charge in [-0.3, -0.25) is 0 Å². The zero-order valence-corrected chi connectivity index (χ0v) is 11.5. The van der Waals surface area contributed by atoms with Crippen molar-refractivity contribution in [2.75, 3.05) is 20.3 Å². The fourth-order valence-corrected chi connectivity index (χ4v) is 2.14. The molecule has 0 radical (unpaired) electrons. The zero-order valence-electron chi connectivity index (χ0n) is 11.5. The molecule has 0 aromatic heterocycles. The van der Waals surface area contributed by atoms with Crippen molar-refractivity contribution in [3.05, 3.63) is 35.9 Å². The number of nitrogens with one attached hydrogen (secondary N) is 1. The molecular weight excluding hydrogens is 210 g/mol. The number of benzene rings is 1. The summed E-state index contributed by atoms with van der Waals surface area (Å²) in [6, 6.07) is 11.2. The highest BCUT2D eigenvalue weighted by Crippen LogP contribution is 2.27. The first-order valence-corrected chi connectivity index (χ1v) is 6.42. The van der Waals surface area contributed by atoms with Gasteiger partial charge in [-0.2, -0.15) is 0 Å². The molecule has 1 unspecified atom stereocenters. The van der Waals surface area contributed by atoms with E-state index in [1.807, 2.05) is 0 Å². The minimum absolute atomic E-state index is 0.0836. The first-order valence-electron chi connectivity index (χ1n) is 6.42. The van der Waals surface area contributed by atoms with E-state index < -0.39 is 0 Å². The first-order chi connectivity index (χ1) is 8.14. The van der Waals surface area contributed by atoms with Gasteiger partial charge in [-0.1, -0.05) is 51.1 Å². The summed E-state index contributed by atoms with van der Waals surface area (Å²) in [5, 5.41) is 3.54. The second-order valence-corrected chi connectivity index (χ2v) is 4.97. The van der Waals surface area contributed by atoms with Gasteiger partial charge in [0, 0.05) is 25.1 Å². The number of rotatable bonds is 7. The van der Waals surface area contributed by atoms with Gasteiger partial charge in [-0.15, -0.1) is 0 Å². The maximum absolute atomic E-state index is 5.44. The average Bonchev–Trinajstić information content (AvgIpc) is 2.35. The summed E-state index contributed by atoms with van der Waals surface area (Å²) in [6.07, 6.45) is 1.07. The van der Waals surface area contributed by atoms with Crippen LogP contribution in [0.2, 0.25) is 0 Å². The number of methoxy groups -OCH3 is 1. The largest absolute Gasteiger partial charge is 0.384 e. The molecule has 0 aliphatic rings. The first kappa shape index (κ1) is 14.2. The molecule has 2 nitrogen and oxygen atoms in total. The Labute approximate surface area is 105 Å². The molecule has 0 bridgehead atoms. The summed E-state index contributed by atoms with van der Waals surface area (Å²) in [7, 11) is 1.78. The third-order valence-corrected chi connectivity index (χ3v) is 3.33. The zero-order chi connectivity index (χ0) is 12.7. The van der Waals surface area contributed by atoms with Gasteiger partial charge in [0.25, 0.3) is 0 Å². The average molecular weight is 235 g/mol. The van der Waals surface area contributed by atoms with Gasteiger partial charge in [-0.05, 0) is 12.0 Å². The summed E-state index contributed by atoms with van der Waals surface area (Å²) in [6.45, 7) is 8.30. The van der Waals surface area contributed by atoms with Crippen LogP contribution >= 0.6 is 0 Å². The van der Waals surface area contributed by atoms with E-state index in [9.17, 15) is 0 Å². The van der Waals surface area contributed by atoms with Crippen molar-refractivity contribution in [3.8, 4) is 0 Å². The highest BCUT2D eigenvalue weighted by Gasteiger charge is 2.30.